The molecule has 1 aromatic rings. The second-order valence-electron chi connectivity index (χ2n) is 4.72. The van der Waals surface area contributed by atoms with E-state index < -0.39 is 0 Å². The largest absolute Gasteiger partial charge is 0.466 e. The quantitative estimate of drug-likeness (QED) is 0.830. The van der Waals surface area contributed by atoms with Crippen molar-refractivity contribution in [1.82, 2.24) is 9.80 Å². The van der Waals surface area contributed by atoms with Gasteiger partial charge in [-0.2, -0.15) is 0 Å². The Balaban J connectivity index is 1.59. The first-order chi connectivity index (χ1) is 9.34. The molecule has 0 aliphatic carbocycles. The van der Waals surface area contributed by atoms with Crippen LogP contribution in [-0.2, 0) is 9.53 Å². The molecule has 0 radical (unpaired) electrons. The molecule has 3 rings (SSSR count). The normalized spacial score (nSPS) is 25.2. The van der Waals surface area contributed by atoms with Crippen molar-refractivity contribution in [3.05, 3.63) is 24.2 Å². The van der Waals surface area contributed by atoms with E-state index in [0.717, 1.165) is 45.2 Å². The second kappa shape index (κ2) is 5.98. The summed E-state index contributed by atoms with van der Waals surface area (Å²) < 4.78 is 10.8. The highest BCUT2D eigenvalue weighted by atomic mass is 32.2. The zero-order chi connectivity index (χ0) is 13.1. The molecule has 1 amide bonds. The van der Waals surface area contributed by atoms with Crippen molar-refractivity contribution >= 4 is 17.7 Å². The summed E-state index contributed by atoms with van der Waals surface area (Å²) in [5.74, 6) is 1.63. The molecule has 2 aliphatic rings. The predicted octanol–water partition coefficient (Wildman–Crippen LogP) is 1.19. The molecule has 19 heavy (non-hydrogen) atoms. The summed E-state index contributed by atoms with van der Waals surface area (Å²) in [5, 5.41) is 0.0449. The van der Waals surface area contributed by atoms with E-state index in [9.17, 15) is 4.79 Å². The molecule has 1 aromatic heterocycles. The Kier molecular flexibility index (Phi) is 4.10. The lowest BCUT2D eigenvalue weighted by molar-refractivity contribution is -0.128. The molecule has 1 atom stereocenters. The topological polar surface area (TPSA) is 45.9 Å². The summed E-state index contributed by atoms with van der Waals surface area (Å²) in [6.07, 6.45) is 1.67. The van der Waals surface area contributed by atoms with Gasteiger partial charge in [0.1, 0.15) is 11.1 Å². The number of carbonyl (C=O) groups is 1. The number of ether oxygens (including phenoxy) is 1. The lowest BCUT2D eigenvalue weighted by atomic mass is 10.3. The molecule has 0 N–H and O–H groups in total. The first kappa shape index (κ1) is 13.0. The molecule has 3 heterocycles. The minimum atomic E-state index is 0.0449. The lowest BCUT2D eigenvalue weighted by Gasteiger charge is -2.30. The number of hydrogen-bond donors (Lipinski definition) is 0. The van der Waals surface area contributed by atoms with Crippen LogP contribution in [0, 0.1) is 0 Å². The van der Waals surface area contributed by atoms with E-state index in [0.29, 0.717) is 5.75 Å². The second-order valence-corrected chi connectivity index (χ2v) is 5.79. The van der Waals surface area contributed by atoms with Gasteiger partial charge in [-0.1, -0.05) is 0 Å². The summed E-state index contributed by atoms with van der Waals surface area (Å²) in [6, 6.07) is 3.82. The number of nitrogens with zero attached hydrogens (tertiary/aromatic N) is 2. The number of rotatable bonds is 4. The molecule has 0 saturated carbocycles. The Bertz CT molecular complexity index is 418. The van der Waals surface area contributed by atoms with Gasteiger partial charge < -0.3 is 14.1 Å². The summed E-state index contributed by atoms with van der Waals surface area (Å²) in [7, 11) is 0. The van der Waals surface area contributed by atoms with E-state index in [4.69, 9.17) is 9.15 Å². The van der Waals surface area contributed by atoms with Crippen molar-refractivity contribution < 1.29 is 13.9 Å². The number of hydrogen-bond acceptors (Lipinski definition) is 5. The lowest BCUT2D eigenvalue weighted by Crippen LogP contribution is -2.42. The third kappa shape index (κ3) is 2.96. The van der Waals surface area contributed by atoms with Crippen molar-refractivity contribution in [3.63, 3.8) is 0 Å². The Morgan fingerprint density at radius 1 is 1.32 bits per heavy atom. The monoisotopic (exact) mass is 282 g/mol. The van der Waals surface area contributed by atoms with Crippen molar-refractivity contribution in [3.8, 4) is 0 Å². The Morgan fingerprint density at radius 2 is 2.16 bits per heavy atom. The maximum absolute atomic E-state index is 12.0. The average Bonchev–Trinajstić information content (AvgIpc) is 3.07. The molecule has 104 valence electrons. The van der Waals surface area contributed by atoms with Crippen LogP contribution in [0.15, 0.2) is 22.8 Å². The van der Waals surface area contributed by atoms with Gasteiger partial charge in [0.15, 0.2) is 0 Å². The van der Waals surface area contributed by atoms with E-state index in [1.807, 2.05) is 17.0 Å². The highest BCUT2D eigenvalue weighted by Crippen LogP contribution is 2.38. The van der Waals surface area contributed by atoms with E-state index in [1.54, 1.807) is 18.0 Å². The van der Waals surface area contributed by atoms with E-state index in [-0.39, 0.29) is 11.3 Å². The summed E-state index contributed by atoms with van der Waals surface area (Å²) in [5.41, 5.74) is 0. The van der Waals surface area contributed by atoms with Crippen LogP contribution in [0.25, 0.3) is 0 Å². The molecule has 2 aliphatic heterocycles. The minimum Gasteiger partial charge on any atom is -0.466 e. The van der Waals surface area contributed by atoms with Gasteiger partial charge in [-0.25, -0.2) is 0 Å². The van der Waals surface area contributed by atoms with Crippen molar-refractivity contribution in [2.45, 2.75) is 5.37 Å². The fourth-order valence-electron chi connectivity index (χ4n) is 2.44. The molecule has 2 saturated heterocycles. The van der Waals surface area contributed by atoms with Crippen LogP contribution in [0.3, 0.4) is 0 Å². The maximum atomic E-state index is 12.0. The van der Waals surface area contributed by atoms with Crippen LogP contribution in [0.5, 0.6) is 0 Å². The maximum Gasteiger partial charge on any atom is 0.233 e. The minimum absolute atomic E-state index is 0.0449. The van der Waals surface area contributed by atoms with Gasteiger partial charge in [-0.15, -0.1) is 11.8 Å². The molecule has 0 unspecified atom stereocenters. The van der Waals surface area contributed by atoms with Crippen LogP contribution in [0.4, 0.5) is 0 Å². The Hall–Kier alpha value is -0.980. The van der Waals surface area contributed by atoms with Gasteiger partial charge in [0.2, 0.25) is 5.91 Å². The zero-order valence-electron chi connectivity index (χ0n) is 10.8. The predicted molar refractivity (Wildman–Crippen MR) is 72.9 cm³/mol. The molecule has 0 bridgehead atoms. The van der Waals surface area contributed by atoms with E-state index in [1.165, 1.54) is 0 Å². The fraction of sp³-hybridized carbons (Fsp3) is 0.615. The zero-order valence-corrected chi connectivity index (χ0v) is 11.6. The summed E-state index contributed by atoms with van der Waals surface area (Å²) >= 11 is 1.64. The number of thioether (sulfide) groups is 1. The van der Waals surface area contributed by atoms with Gasteiger partial charge in [-0.3, -0.25) is 9.69 Å². The van der Waals surface area contributed by atoms with E-state index >= 15 is 0 Å². The molecule has 6 heteroatoms. The fourth-order valence-corrected chi connectivity index (χ4v) is 3.60. The van der Waals surface area contributed by atoms with Crippen molar-refractivity contribution in [1.29, 1.82) is 0 Å². The van der Waals surface area contributed by atoms with E-state index in [2.05, 4.69) is 4.90 Å². The van der Waals surface area contributed by atoms with Crippen molar-refractivity contribution in [2.24, 2.45) is 0 Å². The number of morpholine rings is 1. The first-order valence-corrected chi connectivity index (χ1v) is 7.64. The third-order valence-electron chi connectivity index (χ3n) is 3.52. The van der Waals surface area contributed by atoms with Crippen LogP contribution in [0.2, 0.25) is 0 Å². The Labute approximate surface area is 116 Å². The molecule has 0 spiro atoms. The standard InChI is InChI=1S/C13H18N2O3S/c16-12-10-19-13(11-2-1-7-18-11)15(12)4-3-14-5-8-17-9-6-14/h1-2,7,13H,3-6,8-10H2/t13-/m0/s1. The number of amides is 1. The van der Waals surface area contributed by atoms with Gasteiger partial charge in [0, 0.05) is 26.2 Å². The molecule has 2 fully saturated rings. The van der Waals surface area contributed by atoms with Gasteiger partial charge in [0.05, 0.1) is 25.2 Å². The third-order valence-corrected chi connectivity index (χ3v) is 4.73. The molecule has 0 aromatic carbocycles. The SMILES string of the molecule is O=C1CS[C@@H](c2ccco2)N1CCN1CCOCC1. The van der Waals surface area contributed by atoms with Gasteiger partial charge >= 0.3 is 0 Å². The Morgan fingerprint density at radius 3 is 2.89 bits per heavy atom. The molecule has 5 nitrogen and oxygen atoms in total. The van der Waals surface area contributed by atoms with Crippen molar-refractivity contribution in [2.75, 3.05) is 45.1 Å². The van der Waals surface area contributed by atoms with Crippen LogP contribution >= 0.6 is 11.8 Å². The van der Waals surface area contributed by atoms with Crippen LogP contribution in [-0.4, -0.2) is 60.9 Å². The van der Waals surface area contributed by atoms with Crippen LogP contribution in [0.1, 0.15) is 11.1 Å². The van der Waals surface area contributed by atoms with Crippen LogP contribution < -0.4 is 0 Å². The average molecular weight is 282 g/mol. The van der Waals surface area contributed by atoms with Gasteiger partial charge in [0.25, 0.3) is 0 Å². The number of carbonyl (C=O) groups excluding carboxylic acids is 1. The van der Waals surface area contributed by atoms with Gasteiger partial charge in [-0.05, 0) is 12.1 Å². The highest BCUT2D eigenvalue weighted by Gasteiger charge is 2.34. The molecular formula is C13H18N2O3S. The number of furan rings is 1. The molecular weight excluding hydrogens is 264 g/mol. The summed E-state index contributed by atoms with van der Waals surface area (Å²) in [4.78, 5) is 16.2. The first-order valence-electron chi connectivity index (χ1n) is 6.59. The summed E-state index contributed by atoms with van der Waals surface area (Å²) in [6.45, 7) is 5.18. The smallest absolute Gasteiger partial charge is 0.233 e. The highest BCUT2D eigenvalue weighted by molar-refractivity contribution is 8.00.